The highest BCUT2D eigenvalue weighted by atomic mass is 19.1. The number of amides is 2. The topological polar surface area (TPSA) is 58.2 Å². The average Bonchev–Trinajstić information content (AvgIpc) is 3.39. The second-order valence-corrected chi connectivity index (χ2v) is 6.40. The maximum Gasteiger partial charge on any atom is 0.228 e. The van der Waals surface area contributed by atoms with Crippen LogP contribution in [0.4, 0.5) is 15.8 Å². The third kappa shape index (κ3) is 3.87. The minimum Gasteiger partial charge on any atom is -0.326 e. The number of hydrogen-bond acceptors (Lipinski definition) is 2. The Hall–Kier alpha value is -2.69. The van der Waals surface area contributed by atoms with Gasteiger partial charge in [-0.15, -0.1) is 0 Å². The number of rotatable bonds is 5. The lowest BCUT2D eigenvalue weighted by atomic mass is 10.1. The van der Waals surface area contributed by atoms with Crippen LogP contribution in [0.15, 0.2) is 42.5 Å². The fraction of sp³-hybridized carbons (Fsp3) is 0.300. The molecular weight excluding hydrogens is 319 g/mol. The fourth-order valence-corrected chi connectivity index (χ4v) is 2.96. The summed E-state index contributed by atoms with van der Waals surface area (Å²) < 4.78 is 12.9. The molecule has 2 aromatic rings. The smallest absolute Gasteiger partial charge is 0.228 e. The molecule has 1 aliphatic carbocycles. The predicted molar refractivity (Wildman–Crippen MR) is 95.8 cm³/mol. The molecule has 0 heterocycles. The lowest BCUT2D eigenvalue weighted by Crippen LogP contribution is -2.21. The molecule has 2 unspecified atom stereocenters. The number of para-hydroxylation sites is 1. The molecule has 4 nitrogen and oxygen atoms in total. The fourth-order valence-electron chi connectivity index (χ4n) is 2.96. The molecule has 2 amide bonds. The second kappa shape index (κ2) is 7.05. The summed E-state index contributed by atoms with van der Waals surface area (Å²) >= 11 is 0. The molecule has 2 aromatic carbocycles. The molecule has 0 spiro atoms. The third-order valence-corrected chi connectivity index (χ3v) is 4.56. The highest BCUT2D eigenvalue weighted by molar-refractivity contribution is 6.03. The van der Waals surface area contributed by atoms with E-state index in [1.165, 1.54) is 24.3 Å². The Morgan fingerprint density at radius 1 is 1.04 bits per heavy atom. The van der Waals surface area contributed by atoms with Gasteiger partial charge in [0.05, 0.1) is 11.8 Å². The largest absolute Gasteiger partial charge is 0.326 e. The summed E-state index contributed by atoms with van der Waals surface area (Å²) in [5.41, 5.74) is 3.48. The van der Waals surface area contributed by atoms with Gasteiger partial charge in [0.15, 0.2) is 0 Å². The lowest BCUT2D eigenvalue weighted by Gasteiger charge is -2.13. The van der Waals surface area contributed by atoms with E-state index in [-0.39, 0.29) is 29.5 Å². The molecular formula is C20H21FN2O2. The van der Waals surface area contributed by atoms with Crippen LogP contribution in [-0.2, 0) is 16.0 Å². The summed E-state index contributed by atoms with van der Waals surface area (Å²) in [6.07, 6.45) is 1.36. The van der Waals surface area contributed by atoms with Gasteiger partial charge < -0.3 is 10.6 Å². The number of hydrogen-bond donors (Lipinski definition) is 2. The van der Waals surface area contributed by atoms with Crippen LogP contribution in [0.5, 0.6) is 0 Å². The van der Waals surface area contributed by atoms with Gasteiger partial charge in [0.1, 0.15) is 5.82 Å². The van der Waals surface area contributed by atoms with Crippen molar-refractivity contribution in [1.29, 1.82) is 0 Å². The van der Waals surface area contributed by atoms with E-state index in [4.69, 9.17) is 0 Å². The number of aryl methyl sites for hydroxylation is 2. The zero-order valence-electron chi connectivity index (χ0n) is 14.3. The van der Waals surface area contributed by atoms with E-state index in [1.54, 1.807) is 0 Å². The van der Waals surface area contributed by atoms with E-state index >= 15 is 0 Å². The Morgan fingerprint density at radius 3 is 2.32 bits per heavy atom. The molecule has 0 saturated heterocycles. The summed E-state index contributed by atoms with van der Waals surface area (Å²) in [5, 5.41) is 5.71. The van der Waals surface area contributed by atoms with Crippen molar-refractivity contribution in [3.05, 3.63) is 59.4 Å². The number of benzene rings is 2. The van der Waals surface area contributed by atoms with E-state index in [9.17, 15) is 14.0 Å². The molecule has 1 saturated carbocycles. The van der Waals surface area contributed by atoms with Crippen molar-refractivity contribution in [1.82, 2.24) is 0 Å². The van der Waals surface area contributed by atoms with E-state index in [0.29, 0.717) is 12.1 Å². The van der Waals surface area contributed by atoms with Crippen molar-refractivity contribution in [3.8, 4) is 0 Å². The number of carbonyl (C=O) groups excluding carboxylic acids is 2. The molecule has 2 N–H and O–H groups in total. The summed E-state index contributed by atoms with van der Waals surface area (Å²) in [4.78, 5) is 24.7. The van der Waals surface area contributed by atoms with Gasteiger partial charge in [0.2, 0.25) is 11.8 Å². The predicted octanol–water partition coefficient (Wildman–Crippen LogP) is 3.91. The number of halogens is 1. The van der Waals surface area contributed by atoms with Crippen LogP contribution >= 0.6 is 0 Å². The van der Waals surface area contributed by atoms with Gasteiger partial charge >= 0.3 is 0 Å². The van der Waals surface area contributed by atoms with Gasteiger partial charge in [0, 0.05) is 11.4 Å². The molecule has 1 fully saturated rings. The summed E-state index contributed by atoms with van der Waals surface area (Å²) in [6.45, 7) is 4.00. The Bertz CT molecular complexity index is 802. The van der Waals surface area contributed by atoms with Crippen LogP contribution in [0.2, 0.25) is 0 Å². The second-order valence-electron chi connectivity index (χ2n) is 6.40. The minimum atomic E-state index is -0.355. The van der Waals surface area contributed by atoms with Crippen LogP contribution in [0.25, 0.3) is 0 Å². The van der Waals surface area contributed by atoms with E-state index in [0.717, 1.165) is 23.2 Å². The number of nitrogens with one attached hydrogen (secondary N) is 2. The molecule has 0 aromatic heterocycles. The van der Waals surface area contributed by atoms with Gasteiger partial charge in [-0.3, -0.25) is 9.59 Å². The normalized spacial score (nSPS) is 18.5. The quantitative estimate of drug-likeness (QED) is 0.867. The van der Waals surface area contributed by atoms with E-state index in [2.05, 4.69) is 10.6 Å². The standard InChI is InChI=1S/C20H21FN2O2/c1-3-13-6-4-5-12(2)18(13)23-20(25)17-11-16(17)19(24)22-15-9-7-14(21)8-10-15/h4-10,16-17H,3,11H2,1-2H3,(H,22,24)(H,23,25). The maximum absolute atomic E-state index is 12.9. The van der Waals surface area contributed by atoms with Crippen molar-refractivity contribution >= 4 is 23.2 Å². The molecule has 0 aliphatic heterocycles. The van der Waals surface area contributed by atoms with E-state index in [1.807, 2.05) is 32.0 Å². The average molecular weight is 340 g/mol. The molecule has 2 atom stereocenters. The highest BCUT2D eigenvalue weighted by Gasteiger charge is 2.48. The molecule has 25 heavy (non-hydrogen) atoms. The molecule has 3 rings (SSSR count). The van der Waals surface area contributed by atoms with Gasteiger partial charge in [-0.05, 0) is 55.2 Å². The van der Waals surface area contributed by atoms with Gasteiger partial charge in [0.25, 0.3) is 0 Å². The zero-order chi connectivity index (χ0) is 18.0. The molecule has 1 aliphatic rings. The Balaban J connectivity index is 1.60. The minimum absolute atomic E-state index is 0.122. The number of carbonyl (C=O) groups is 2. The lowest BCUT2D eigenvalue weighted by molar-refractivity contribution is -0.122. The van der Waals surface area contributed by atoms with Crippen molar-refractivity contribution in [2.45, 2.75) is 26.7 Å². The van der Waals surface area contributed by atoms with E-state index < -0.39 is 0 Å². The Kier molecular flexibility index (Phi) is 4.83. The van der Waals surface area contributed by atoms with Crippen LogP contribution in [0.3, 0.4) is 0 Å². The molecule has 130 valence electrons. The van der Waals surface area contributed by atoms with Gasteiger partial charge in [-0.1, -0.05) is 25.1 Å². The molecule has 5 heteroatoms. The highest BCUT2D eigenvalue weighted by Crippen LogP contribution is 2.40. The third-order valence-electron chi connectivity index (χ3n) is 4.56. The van der Waals surface area contributed by atoms with Crippen LogP contribution in [-0.4, -0.2) is 11.8 Å². The van der Waals surface area contributed by atoms with Crippen molar-refractivity contribution in [2.24, 2.45) is 11.8 Å². The summed E-state index contributed by atoms with van der Waals surface area (Å²) in [5.74, 6) is -1.33. The zero-order valence-corrected chi connectivity index (χ0v) is 14.3. The Morgan fingerprint density at radius 2 is 1.68 bits per heavy atom. The maximum atomic E-state index is 12.9. The summed E-state index contributed by atoms with van der Waals surface area (Å²) in [6, 6.07) is 11.5. The number of anilines is 2. The first-order valence-electron chi connectivity index (χ1n) is 8.45. The molecule has 0 bridgehead atoms. The summed E-state index contributed by atoms with van der Waals surface area (Å²) in [7, 11) is 0. The van der Waals surface area contributed by atoms with Gasteiger partial charge in [-0.25, -0.2) is 4.39 Å². The SMILES string of the molecule is CCc1cccc(C)c1NC(=O)C1CC1C(=O)Nc1ccc(F)cc1. The van der Waals surface area contributed by atoms with Gasteiger partial charge in [-0.2, -0.15) is 0 Å². The van der Waals surface area contributed by atoms with Crippen LogP contribution in [0.1, 0.15) is 24.5 Å². The van der Waals surface area contributed by atoms with Crippen LogP contribution < -0.4 is 10.6 Å². The first-order valence-corrected chi connectivity index (χ1v) is 8.45. The first-order chi connectivity index (χ1) is 12.0. The van der Waals surface area contributed by atoms with Crippen molar-refractivity contribution in [2.75, 3.05) is 10.6 Å². The monoisotopic (exact) mass is 340 g/mol. The van der Waals surface area contributed by atoms with Crippen molar-refractivity contribution < 1.29 is 14.0 Å². The van der Waals surface area contributed by atoms with Crippen LogP contribution in [0, 0.1) is 24.6 Å². The van der Waals surface area contributed by atoms with Crippen molar-refractivity contribution in [3.63, 3.8) is 0 Å². The first kappa shape index (κ1) is 17.1. The Labute approximate surface area is 146 Å². The molecule has 0 radical (unpaired) electrons.